The zero-order valence-corrected chi connectivity index (χ0v) is 16.2. The maximum atomic E-state index is 12.2. The second-order valence-electron chi connectivity index (χ2n) is 7.41. The van der Waals surface area contributed by atoms with Crippen molar-refractivity contribution in [3.8, 4) is 0 Å². The van der Waals surface area contributed by atoms with E-state index in [2.05, 4.69) is 4.90 Å². The van der Waals surface area contributed by atoms with E-state index in [0.29, 0.717) is 6.54 Å². The lowest BCUT2D eigenvalue weighted by Crippen LogP contribution is -2.49. The Kier molecular flexibility index (Phi) is 5.68. The predicted octanol–water partition coefficient (Wildman–Crippen LogP) is 1.52. The number of methoxy groups -OCH3 is 1. The molecule has 0 aromatic heterocycles. The molecule has 0 aliphatic carbocycles. The highest BCUT2D eigenvalue weighted by Gasteiger charge is 2.35. The van der Waals surface area contributed by atoms with Gasteiger partial charge >= 0.3 is 5.97 Å². The second-order valence-corrected chi connectivity index (χ2v) is 7.41. The van der Waals surface area contributed by atoms with Gasteiger partial charge in [0, 0.05) is 56.4 Å². The summed E-state index contributed by atoms with van der Waals surface area (Å²) in [6.07, 6.45) is 0.195. The molecule has 2 fully saturated rings. The van der Waals surface area contributed by atoms with Crippen LogP contribution in [0.2, 0.25) is 0 Å². The van der Waals surface area contributed by atoms with Crippen molar-refractivity contribution < 1.29 is 19.1 Å². The minimum absolute atomic E-state index is 0.0302. The number of amides is 2. The summed E-state index contributed by atoms with van der Waals surface area (Å²) in [4.78, 5) is 41.8. The van der Waals surface area contributed by atoms with Crippen molar-refractivity contribution in [2.24, 2.45) is 11.8 Å². The Balaban J connectivity index is 1.61. The minimum Gasteiger partial charge on any atom is -0.469 e. The van der Waals surface area contributed by atoms with E-state index in [1.807, 2.05) is 43.0 Å². The molecule has 2 aliphatic heterocycles. The summed E-state index contributed by atoms with van der Waals surface area (Å²) in [5.41, 5.74) is 1.87. The first-order valence-electron chi connectivity index (χ1n) is 9.42. The van der Waals surface area contributed by atoms with Crippen LogP contribution in [0.15, 0.2) is 24.3 Å². The number of carbonyl (C=O) groups is 3. The third-order valence-corrected chi connectivity index (χ3v) is 5.27. The molecule has 1 atom stereocenters. The zero-order chi connectivity index (χ0) is 19.6. The fraction of sp³-hybridized carbons (Fsp3) is 0.550. The molecule has 2 saturated heterocycles. The third kappa shape index (κ3) is 4.07. The molecule has 1 aromatic rings. The van der Waals surface area contributed by atoms with Gasteiger partial charge < -0.3 is 19.4 Å². The molecule has 27 heavy (non-hydrogen) atoms. The van der Waals surface area contributed by atoms with E-state index in [-0.39, 0.29) is 30.1 Å². The van der Waals surface area contributed by atoms with Gasteiger partial charge in [0.05, 0.1) is 13.0 Å². The predicted molar refractivity (Wildman–Crippen MR) is 103 cm³/mol. The summed E-state index contributed by atoms with van der Waals surface area (Å²) in [5, 5.41) is 0. The number of hydrogen-bond donors (Lipinski definition) is 0. The first kappa shape index (κ1) is 19.2. The van der Waals surface area contributed by atoms with Crippen LogP contribution >= 0.6 is 0 Å². The lowest BCUT2D eigenvalue weighted by molar-refractivity contribution is -0.145. The Labute approximate surface area is 159 Å². The van der Waals surface area contributed by atoms with Gasteiger partial charge in [-0.1, -0.05) is 13.8 Å². The molecular weight excluding hydrogens is 346 g/mol. The van der Waals surface area contributed by atoms with Crippen molar-refractivity contribution in [1.29, 1.82) is 0 Å². The number of rotatable bonds is 4. The average molecular weight is 373 g/mol. The van der Waals surface area contributed by atoms with Crippen LogP contribution in [0, 0.1) is 11.8 Å². The molecular formula is C20H27N3O4. The largest absolute Gasteiger partial charge is 0.469 e. The van der Waals surface area contributed by atoms with Crippen molar-refractivity contribution >= 4 is 29.2 Å². The van der Waals surface area contributed by atoms with E-state index in [1.54, 1.807) is 4.90 Å². The van der Waals surface area contributed by atoms with Crippen LogP contribution in [0.25, 0.3) is 0 Å². The number of piperazine rings is 1. The molecule has 0 spiro atoms. The molecule has 0 saturated carbocycles. The number of nitrogens with zero attached hydrogens (tertiary/aromatic N) is 3. The molecule has 7 nitrogen and oxygen atoms in total. The summed E-state index contributed by atoms with van der Waals surface area (Å²) in [5.74, 6) is -0.552. The van der Waals surface area contributed by atoms with Gasteiger partial charge in [0.15, 0.2) is 0 Å². The maximum absolute atomic E-state index is 12.2. The topological polar surface area (TPSA) is 70.2 Å². The van der Waals surface area contributed by atoms with Crippen molar-refractivity contribution in [3.05, 3.63) is 24.3 Å². The Bertz CT molecular complexity index is 708. The van der Waals surface area contributed by atoms with Gasteiger partial charge in [-0.15, -0.1) is 0 Å². The van der Waals surface area contributed by atoms with Crippen LogP contribution in [-0.4, -0.2) is 62.5 Å². The number of esters is 1. The van der Waals surface area contributed by atoms with Crippen LogP contribution < -0.4 is 9.80 Å². The SMILES string of the molecule is COC(=O)[C@@H]1CC(=O)N(c2ccc(N3CCN(C(=O)C(C)C)CC3)cc2)C1. The second kappa shape index (κ2) is 7.98. The van der Waals surface area contributed by atoms with E-state index in [4.69, 9.17) is 4.74 Å². The smallest absolute Gasteiger partial charge is 0.311 e. The van der Waals surface area contributed by atoms with Crippen LogP contribution in [0.1, 0.15) is 20.3 Å². The quantitative estimate of drug-likeness (QED) is 0.749. The van der Waals surface area contributed by atoms with E-state index in [1.165, 1.54) is 7.11 Å². The fourth-order valence-corrected chi connectivity index (χ4v) is 3.68. The van der Waals surface area contributed by atoms with Crippen molar-refractivity contribution in [1.82, 2.24) is 4.90 Å². The van der Waals surface area contributed by atoms with E-state index in [0.717, 1.165) is 37.6 Å². The first-order valence-corrected chi connectivity index (χ1v) is 9.42. The zero-order valence-electron chi connectivity index (χ0n) is 16.2. The van der Waals surface area contributed by atoms with Crippen molar-refractivity contribution in [2.75, 3.05) is 49.6 Å². The van der Waals surface area contributed by atoms with E-state index < -0.39 is 5.92 Å². The van der Waals surface area contributed by atoms with Gasteiger partial charge in [-0.3, -0.25) is 14.4 Å². The van der Waals surface area contributed by atoms with Crippen LogP contribution in [0.3, 0.4) is 0 Å². The van der Waals surface area contributed by atoms with Gasteiger partial charge in [0.1, 0.15) is 0 Å². The molecule has 2 aliphatic rings. The Hall–Kier alpha value is -2.57. The van der Waals surface area contributed by atoms with E-state index in [9.17, 15) is 14.4 Å². The van der Waals surface area contributed by atoms with Gasteiger partial charge in [0.25, 0.3) is 0 Å². The molecule has 0 unspecified atom stereocenters. The number of anilines is 2. The summed E-state index contributed by atoms with van der Waals surface area (Å²) in [6, 6.07) is 7.82. The fourth-order valence-electron chi connectivity index (χ4n) is 3.68. The van der Waals surface area contributed by atoms with Gasteiger partial charge in [-0.05, 0) is 24.3 Å². The van der Waals surface area contributed by atoms with Crippen LogP contribution in [-0.2, 0) is 19.1 Å². The van der Waals surface area contributed by atoms with Crippen LogP contribution in [0.4, 0.5) is 11.4 Å². The van der Waals surface area contributed by atoms with Crippen LogP contribution in [0.5, 0.6) is 0 Å². The van der Waals surface area contributed by atoms with E-state index >= 15 is 0 Å². The summed E-state index contributed by atoms with van der Waals surface area (Å²) < 4.78 is 4.75. The van der Waals surface area contributed by atoms with Gasteiger partial charge in [-0.2, -0.15) is 0 Å². The number of hydrogen-bond acceptors (Lipinski definition) is 5. The first-order chi connectivity index (χ1) is 12.9. The van der Waals surface area contributed by atoms with Crippen molar-refractivity contribution in [2.45, 2.75) is 20.3 Å². The van der Waals surface area contributed by atoms with Gasteiger partial charge in [0.2, 0.25) is 11.8 Å². The molecule has 0 radical (unpaired) electrons. The Morgan fingerprint density at radius 3 is 2.19 bits per heavy atom. The average Bonchev–Trinajstić information content (AvgIpc) is 3.08. The Morgan fingerprint density at radius 1 is 1.04 bits per heavy atom. The highest BCUT2D eigenvalue weighted by Crippen LogP contribution is 2.28. The minimum atomic E-state index is -0.395. The summed E-state index contributed by atoms with van der Waals surface area (Å²) in [7, 11) is 1.35. The molecule has 1 aromatic carbocycles. The van der Waals surface area contributed by atoms with Crippen molar-refractivity contribution in [3.63, 3.8) is 0 Å². The monoisotopic (exact) mass is 373 g/mol. The molecule has 146 valence electrons. The highest BCUT2D eigenvalue weighted by molar-refractivity contribution is 5.99. The lowest BCUT2D eigenvalue weighted by Gasteiger charge is -2.37. The molecule has 0 bridgehead atoms. The molecule has 7 heteroatoms. The number of carbonyl (C=O) groups excluding carboxylic acids is 3. The lowest BCUT2D eigenvalue weighted by atomic mass is 10.1. The molecule has 2 heterocycles. The number of benzene rings is 1. The maximum Gasteiger partial charge on any atom is 0.311 e. The van der Waals surface area contributed by atoms with Gasteiger partial charge in [-0.25, -0.2) is 0 Å². The molecule has 3 rings (SSSR count). The Morgan fingerprint density at radius 2 is 1.63 bits per heavy atom. The molecule has 2 amide bonds. The third-order valence-electron chi connectivity index (χ3n) is 5.27. The standard InChI is InChI=1S/C20H27N3O4/c1-14(2)19(25)22-10-8-21(9-11-22)16-4-6-17(7-5-16)23-13-15(12-18(23)24)20(26)27-3/h4-7,14-15H,8-13H2,1-3H3/t15-/m1/s1. The number of ether oxygens (including phenoxy) is 1. The normalized spacial score (nSPS) is 20.4. The summed E-state index contributed by atoms with van der Waals surface area (Å²) in [6.45, 7) is 7.26. The highest BCUT2D eigenvalue weighted by atomic mass is 16.5. The summed E-state index contributed by atoms with van der Waals surface area (Å²) >= 11 is 0. The molecule has 0 N–H and O–H groups in total.